The number of rotatable bonds is 8. The number of carbonyl (C=O) groups excluding carboxylic acids is 1. The molecule has 0 fully saturated rings. The molecule has 30 heavy (non-hydrogen) atoms. The fourth-order valence-corrected chi connectivity index (χ4v) is 4.24. The van der Waals surface area contributed by atoms with E-state index in [0.717, 1.165) is 11.3 Å². The molecule has 0 aliphatic carbocycles. The van der Waals surface area contributed by atoms with Gasteiger partial charge in [0, 0.05) is 22.3 Å². The number of aromatic nitrogens is 3. The molecule has 0 aliphatic rings. The summed E-state index contributed by atoms with van der Waals surface area (Å²) in [5, 5.41) is 12.9. The highest BCUT2D eigenvalue weighted by Gasteiger charge is 2.19. The van der Waals surface area contributed by atoms with Crippen molar-refractivity contribution >= 4 is 46.6 Å². The van der Waals surface area contributed by atoms with Gasteiger partial charge in [0.1, 0.15) is 5.75 Å². The van der Waals surface area contributed by atoms with Crippen molar-refractivity contribution in [2.24, 2.45) is 0 Å². The molecule has 0 bridgehead atoms. The van der Waals surface area contributed by atoms with Gasteiger partial charge in [0.2, 0.25) is 5.91 Å². The Kier molecular flexibility index (Phi) is 7.64. The number of thioether (sulfide) groups is 1. The number of aryl methyl sites for hydroxylation is 1. The first-order chi connectivity index (χ1) is 14.4. The zero-order valence-electron chi connectivity index (χ0n) is 16.9. The lowest BCUT2D eigenvalue weighted by Gasteiger charge is -2.16. The second-order valence-electron chi connectivity index (χ2n) is 6.66. The van der Waals surface area contributed by atoms with E-state index < -0.39 is 0 Å². The van der Waals surface area contributed by atoms with E-state index in [0.29, 0.717) is 33.3 Å². The van der Waals surface area contributed by atoms with Crippen LogP contribution in [0.4, 0.5) is 5.69 Å². The summed E-state index contributed by atoms with van der Waals surface area (Å²) in [5.41, 5.74) is 1.68. The number of hydrogen-bond donors (Lipinski definition) is 1. The van der Waals surface area contributed by atoms with E-state index in [4.69, 9.17) is 27.9 Å². The largest absolute Gasteiger partial charge is 0.483 e. The Morgan fingerprint density at radius 3 is 2.60 bits per heavy atom. The number of halogens is 2. The zero-order chi connectivity index (χ0) is 21.7. The third kappa shape index (κ3) is 5.90. The number of ether oxygens (including phenoxy) is 1. The highest BCUT2D eigenvalue weighted by Crippen LogP contribution is 2.26. The molecule has 1 unspecified atom stereocenters. The normalized spacial score (nSPS) is 11.9. The SMILES string of the molecule is CCn1c(SCC(=O)Nc2cc(Cl)cc(Cl)c2)nnc1C(C)Oc1cccc(C)c1. The van der Waals surface area contributed by atoms with Gasteiger partial charge in [0.15, 0.2) is 17.1 Å². The van der Waals surface area contributed by atoms with Crippen LogP contribution < -0.4 is 10.1 Å². The molecule has 6 nitrogen and oxygen atoms in total. The van der Waals surface area contributed by atoms with E-state index in [-0.39, 0.29) is 17.8 Å². The zero-order valence-corrected chi connectivity index (χ0v) is 19.2. The van der Waals surface area contributed by atoms with Gasteiger partial charge in [-0.3, -0.25) is 4.79 Å². The van der Waals surface area contributed by atoms with Crippen molar-refractivity contribution in [1.82, 2.24) is 14.8 Å². The van der Waals surface area contributed by atoms with Crippen LogP contribution in [0.25, 0.3) is 0 Å². The van der Waals surface area contributed by atoms with Gasteiger partial charge in [-0.1, -0.05) is 47.1 Å². The minimum absolute atomic E-state index is 0.176. The summed E-state index contributed by atoms with van der Waals surface area (Å²) in [4.78, 5) is 12.3. The molecule has 0 radical (unpaired) electrons. The fourth-order valence-electron chi connectivity index (χ4n) is 2.90. The van der Waals surface area contributed by atoms with Gasteiger partial charge < -0.3 is 14.6 Å². The maximum atomic E-state index is 12.3. The number of benzene rings is 2. The lowest BCUT2D eigenvalue weighted by molar-refractivity contribution is -0.113. The lowest BCUT2D eigenvalue weighted by atomic mass is 10.2. The summed E-state index contributed by atoms with van der Waals surface area (Å²) < 4.78 is 7.98. The topological polar surface area (TPSA) is 69.0 Å². The van der Waals surface area contributed by atoms with Gasteiger partial charge in [0.25, 0.3) is 0 Å². The van der Waals surface area contributed by atoms with Crippen molar-refractivity contribution in [3.8, 4) is 5.75 Å². The molecule has 1 N–H and O–H groups in total. The van der Waals surface area contributed by atoms with E-state index in [1.54, 1.807) is 18.2 Å². The van der Waals surface area contributed by atoms with Gasteiger partial charge in [0.05, 0.1) is 5.75 Å². The molecule has 0 saturated heterocycles. The van der Waals surface area contributed by atoms with Crippen LogP contribution in [0.2, 0.25) is 10.0 Å². The van der Waals surface area contributed by atoms with Crippen molar-refractivity contribution in [3.05, 3.63) is 63.9 Å². The predicted octanol–water partition coefficient (Wildman–Crippen LogP) is 5.78. The average molecular weight is 465 g/mol. The van der Waals surface area contributed by atoms with E-state index in [9.17, 15) is 4.79 Å². The molecule has 0 spiro atoms. The first-order valence-corrected chi connectivity index (χ1v) is 11.1. The average Bonchev–Trinajstić information content (AvgIpc) is 3.08. The number of carbonyl (C=O) groups is 1. The Morgan fingerprint density at radius 2 is 1.93 bits per heavy atom. The second-order valence-corrected chi connectivity index (χ2v) is 8.47. The van der Waals surface area contributed by atoms with Crippen LogP contribution in [-0.4, -0.2) is 26.4 Å². The lowest BCUT2D eigenvalue weighted by Crippen LogP contribution is -2.15. The van der Waals surface area contributed by atoms with Gasteiger partial charge in [-0.05, 0) is 56.7 Å². The molecule has 1 amide bonds. The molecular weight excluding hydrogens is 443 g/mol. The summed E-state index contributed by atoms with van der Waals surface area (Å²) in [6.45, 7) is 6.62. The van der Waals surface area contributed by atoms with Gasteiger partial charge >= 0.3 is 0 Å². The van der Waals surface area contributed by atoms with Crippen LogP contribution in [0.1, 0.15) is 31.3 Å². The van der Waals surface area contributed by atoms with Crippen molar-refractivity contribution in [1.29, 1.82) is 0 Å². The predicted molar refractivity (Wildman–Crippen MR) is 122 cm³/mol. The van der Waals surface area contributed by atoms with Crippen LogP contribution >= 0.6 is 35.0 Å². The Balaban J connectivity index is 1.64. The molecule has 9 heteroatoms. The molecule has 1 aromatic heterocycles. The first kappa shape index (κ1) is 22.5. The van der Waals surface area contributed by atoms with Crippen molar-refractivity contribution in [2.45, 2.75) is 38.6 Å². The molecule has 1 atom stereocenters. The number of nitrogens with zero attached hydrogens (tertiary/aromatic N) is 3. The van der Waals surface area contributed by atoms with Crippen molar-refractivity contribution < 1.29 is 9.53 Å². The number of hydrogen-bond acceptors (Lipinski definition) is 5. The Bertz CT molecular complexity index is 1020. The quantitative estimate of drug-likeness (QED) is 0.427. The summed E-state index contributed by atoms with van der Waals surface area (Å²) in [6, 6.07) is 12.8. The Labute approximate surface area is 189 Å². The minimum Gasteiger partial charge on any atom is -0.483 e. The van der Waals surface area contributed by atoms with Crippen LogP contribution in [0, 0.1) is 6.92 Å². The second kappa shape index (κ2) is 10.2. The summed E-state index contributed by atoms with van der Waals surface area (Å²) in [5.74, 6) is 1.48. The molecule has 3 aromatic rings. The fraction of sp³-hybridized carbons (Fsp3) is 0.286. The molecule has 2 aromatic carbocycles. The van der Waals surface area contributed by atoms with E-state index >= 15 is 0 Å². The number of amides is 1. The number of anilines is 1. The Morgan fingerprint density at radius 1 is 1.20 bits per heavy atom. The molecule has 158 valence electrons. The third-order valence-electron chi connectivity index (χ3n) is 4.21. The van der Waals surface area contributed by atoms with Crippen LogP contribution in [-0.2, 0) is 11.3 Å². The van der Waals surface area contributed by atoms with Crippen molar-refractivity contribution in [3.63, 3.8) is 0 Å². The van der Waals surface area contributed by atoms with Crippen LogP contribution in [0.15, 0.2) is 47.6 Å². The summed E-state index contributed by atoms with van der Waals surface area (Å²) in [6.07, 6.45) is -0.281. The van der Waals surface area contributed by atoms with Gasteiger partial charge in [-0.25, -0.2) is 0 Å². The molecule has 0 aliphatic heterocycles. The smallest absolute Gasteiger partial charge is 0.234 e. The first-order valence-electron chi connectivity index (χ1n) is 9.41. The highest BCUT2D eigenvalue weighted by atomic mass is 35.5. The van der Waals surface area contributed by atoms with E-state index in [1.165, 1.54) is 11.8 Å². The third-order valence-corrected chi connectivity index (χ3v) is 5.61. The molecule has 1 heterocycles. The monoisotopic (exact) mass is 464 g/mol. The van der Waals surface area contributed by atoms with E-state index in [1.807, 2.05) is 49.6 Å². The maximum absolute atomic E-state index is 12.3. The van der Waals surface area contributed by atoms with Crippen LogP contribution in [0.3, 0.4) is 0 Å². The standard InChI is InChI=1S/C21H22Cl2N4O2S/c1-4-27-20(14(3)29-18-7-5-6-13(2)8-18)25-26-21(27)30-12-19(28)24-17-10-15(22)9-16(23)11-17/h5-11,14H,4,12H2,1-3H3,(H,24,28). The van der Waals surface area contributed by atoms with Gasteiger partial charge in [-0.2, -0.15) is 0 Å². The highest BCUT2D eigenvalue weighted by molar-refractivity contribution is 7.99. The summed E-state index contributed by atoms with van der Waals surface area (Å²) >= 11 is 13.3. The maximum Gasteiger partial charge on any atom is 0.234 e. The minimum atomic E-state index is -0.281. The van der Waals surface area contributed by atoms with Crippen LogP contribution in [0.5, 0.6) is 5.75 Å². The van der Waals surface area contributed by atoms with E-state index in [2.05, 4.69) is 15.5 Å². The van der Waals surface area contributed by atoms with Gasteiger partial charge in [-0.15, -0.1) is 10.2 Å². The molecule has 3 rings (SSSR count). The number of nitrogens with one attached hydrogen (secondary N) is 1. The molecular formula is C21H22Cl2N4O2S. The molecule has 0 saturated carbocycles. The summed E-state index contributed by atoms with van der Waals surface area (Å²) in [7, 11) is 0. The van der Waals surface area contributed by atoms with Crippen molar-refractivity contribution in [2.75, 3.05) is 11.1 Å². The Hall–Kier alpha value is -2.22.